The number of phenolic OH excluding ortho intramolecular Hbond substituents is 1. The van der Waals surface area contributed by atoms with Crippen LogP contribution in [-0.2, 0) is 0 Å². The summed E-state index contributed by atoms with van der Waals surface area (Å²) in [6.07, 6.45) is 2.17. The van der Waals surface area contributed by atoms with Crippen LogP contribution in [0.3, 0.4) is 0 Å². The molecule has 1 aliphatic carbocycles. The van der Waals surface area contributed by atoms with Crippen molar-refractivity contribution in [1.29, 1.82) is 0 Å². The maximum absolute atomic E-state index is 9.99. The Labute approximate surface area is 120 Å². The number of hydrogen-bond acceptors (Lipinski definition) is 2. The smallest absolute Gasteiger partial charge is 0.120 e. The summed E-state index contributed by atoms with van der Waals surface area (Å²) in [7, 11) is 0. The number of para-hydroxylation sites is 1. The van der Waals surface area contributed by atoms with E-state index in [1.807, 2.05) is 18.2 Å². The largest absolute Gasteiger partial charge is 0.508 e. The van der Waals surface area contributed by atoms with Gasteiger partial charge < -0.3 is 10.4 Å². The summed E-state index contributed by atoms with van der Waals surface area (Å²) >= 11 is 0. The predicted molar refractivity (Wildman–Crippen MR) is 81.9 cm³/mol. The summed E-state index contributed by atoms with van der Waals surface area (Å²) < 4.78 is 0. The highest BCUT2D eigenvalue weighted by molar-refractivity contribution is 5.35. The van der Waals surface area contributed by atoms with Crippen LogP contribution in [0.5, 0.6) is 5.75 Å². The SMILES string of the molecule is CCC(NC1CC1c1ccccc1)c1ccccc1O. The Morgan fingerprint density at radius 3 is 2.50 bits per heavy atom. The van der Waals surface area contributed by atoms with Gasteiger partial charge in [-0.1, -0.05) is 55.5 Å². The van der Waals surface area contributed by atoms with Crippen LogP contribution in [-0.4, -0.2) is 11.1 Å². The van der Waals surface area contributed by atoms with Gasteiger partial charge in [0, 0.05) is 23.6 Å². The summed E-state index contributed by atoms with van der Waals surface area (Å²) in [6, 6.07) is 19.1. The molecule has 20 heavy (non-hydrogen) atoms. The zero-order valence-corrected chi connectivity index (χ0v) is 11.8. The molecule has 104 valence electrons. The summed E-state index contributed by atoms with van der Waals surface area (Å²) in [4.78, 5) is 0. The molecule has 0 bridgehead atoms. The third-order valence-corrected chi connectivity index (χ3v) is 4.15. The maximum Gasteiger partial charge on any atom is 0.120 e. The molecule has 0 amide bonds. The van der Waals surface area contributed by atoms with Crippen molar-refractivity contribution in [2.75, 3.05) is 0 Å². The van der Waals surface area contributed by atoms with Gasteiger partial charge in [0.1, 0.15) is 5.75 Å². The minimum atomic E-state index is 0.231. The zero-order valence-electron chi connectivity index (χ0n) is 11.8. The predicted octanol–water partition coefficient (Wildman–Crippen LogP) is 3.99. The Morgan fingerprint density at radius 1 is 1.10 bits per heavy atom. The van der Waals surface area contributed by atoms with Crippen molar-refractivity contribution in [3.8, 4) is 5.75 Å². The Hall–Kier alpha value is -1.80. The number of aromatic hydroxyl groups is 1. The summed E-state index contributed by atoms with van der Waals surface area (Å²) in [5, 5.41) is 13.7. The van der Waals surface area contributed by atoms with Gasteiger partial charge >= 0.3 is 0 Å². The molecule has 2 aromatic carbocycles. The quantitative estimate of drug-likeness (QED) is 0.858. The molecular formula is C18H21NO. The first-order valence-corrected chi connectivity index (χ1v) is 7.38. The molecule has 3 rings (SSSR count). The number of hydrogen-bond donors (Lipinski definition) is 2. The number of phenols is 1. The molecule has 3 unspecified atom stereocenters. The average Bonchev–Trinajstić information content (AvgIpc) is 3.26. The fourth-order valence-corrected chi connectivity index (χ4v) is 2.92. The van der Waals surface area contributed by atoms with Crippen molar-refractivity contribution >= 4 is 0 Å². The molecule has 2 nitrogen and oxygen atoms in total. The average molecular weight is 267 g/mol. The lowest BCUT2D eigenvalue weighted by atomic mass is 10.0. The van der Waals surface area contributed by atoms with E-state index in [2.05, 4.69) is 42.6 Å². The van der Waals surface area contributed by atoms with Crippen LogP contribution >= 0.6 is 0 Å². The Balaban J connectivity index is 1.68. The van der Waals surface area contributed by atoms with Gasteiger partial charge in [0.2, 0.25) is 0 Å². The van der Waals surface area contributed by atoms with Crippen LogP contribution in [0, 0.1) is 0 Å². The lowest BCUT2D eigenvalue weighted by Gasteiger charge is -2.18. The molecule has 0 spiro atoms. The maximum atomic E-state index is 9.99. The molecule has 2 heteroatoms. The van der Waals surface area contributed by atoms with Gasteiger partial charge in [0.15, 0.2) is 0 Å². The zero-order chi connectivity index (χ0) is 13.9. The summed E-state index contributed by atoms with van der Waals surface area (Å²) in [5.74, 6) is 1.01. The van der Waals surface area contributed by atoms with Gasteiger partial charge in [-0.25, -0.2) is 0 Å². The van der Waals surface area contributed by atoms with Gasteiger partial charge in [-0.3, -0.25) is 0 Å². The molecule has 0 radical (unpaired) electrons. The first-order valence-electron chi connectivity index (χ1n) is 7.38. The summed E-state index contributed by atoms with van der Waals surface area (Å²) in [5.41, 5.74) is 2.42. The molecule has 0 aromatic heterocycles. The first-order chi connectivity index (χ1) is 9.79. The molecule has 0 saturated heterocycles. The van der Waals surface area contributed by atoms with E-state index < -0.39 is 0 Å². The standard InChI is InChI=1S/C18H21NO/c1-2-16(14-10-6-7-11-18(14)20)19-17-12-15(17)13-8-4-3-5-9-13/h3-11,15-17,19-20H,2,12H2,1H3. The highest BCUT2D eigenvalue weighted by Gasteiger charge is 2.39. The van der Waals surface area contributed by atoms with E-state index in [0.717, 1.165) is 12.0 Å². The molecule has 3 atom stereocenters. The van der Waals surface area contributed by atoms with Crippen molar-refractivity contribution in [1.82, 2.24) is 5.32 Å². The lowest BCUT2D eigenvalue weighted by molar-refractivity contribution is 0.439. The number of nitrogens with one attached hydrogen (secondary N) is 1. The van der Waals surface area contributed by atoms with Gasteiger partial charge in [0.25, 0.3) is 0 Å². The fraction of sp³-hybridized carbons (Fsp3) is 0.333. The molecule has 1 aliphatic rings. The van der Waals surface area contributed by atoms with Crippen molar-refractivity contribution in [3.63, 3.8) is 0 Å². The van der Waals surface area contributed by atoms with Crippen LogP contribution in [0.15, 0.2) is 54.6 Å². The van der Waals surface area contributed by atoms with E-state index in [1.54, 1.807) is 6.07 Å². The van der Waals surface area contributed by atoms with Gasteiger partial charge in [0.05, 0.1) is 0 Å². The molecular weight excluding hydrogens is 246 g/mol. The number of benzene rings is 2. The van der Waals surface area contributed by atoms with Crippen LogP contribution in [0.4, 0.5) is 0 Å². The van der Waals surface area contributed by atoms with Gasteiger partial charge in [-0.05, 0) is 24.5 Å². The highest BCUT2D eigenvalue weighted by Crippen LogP contribution is 2.42. The third kappa shape index (κ3) is 2.70. The summed E-state index contributed by atoms with van der Waals surface area (Å²) in [6.45, 7) is 2.16. The molecule has 1 fully saturated rings. The lowest BCUT2D eigenvalue weighted by Crippen LogP contribution is -2.24. The first kappa shape index (κ1) is 13.2. The van der Waals surface area contributed by atoms with E-state index >= 15 is 0 Å². The molecule has 2 N–H and O–H groups in total. The van der Waals surface area contributed by atoms with E-state index in [4.69, 9.17) is 0 Å². The molecule has 0 heterocycles. The topological polar surface area (TPSA) is 32.3 Å². The van der Waals surface area contributed by atoms with Gasteiger partial charge in [-0.15, -0.1) is 0 Å². The van der Waals surface area contributed by atoms with Crippen molar-refractivity contribution in [3.05, 3.63) is 65.7 Å². The van der Waals surface area contributed by atoms with Gasteiger partial charge in [-0.2, -0.15) is 0 Å². The van der Waals surface area contributed by atoms with Crippen molar-refractivity contribution < 1.29 is 5.11 Å². The van der Waals surface area contributed by atoms with Crippen LogP contribution in [0.25, 0.3) is 0 Å². The monoisotopic (exact) mass is 267 g/mol. The molecule has 1 saturated carbocycles. The van der Waals surface area contributed by atoms with E-state index in [0.29, 0.717) is 17.7 Å². The molecule has 0 aliphatic heterocycles. The Bertz CT molecular complexity index is 567. The van der Waals surface area contributed by atoms with Crippen LogP contribution < -0.4 is 5.32 Å². The minimum absolute atomic E-state index is 0.231. The van der Waals surface area contributed by atoms with E-state index in [9.17, 15) is 5.11 Å². The van der Waals surface area contributed by atoms with Crippen LogP contribution in [0.1, 0.15) is 42.9 Å². The normalized spacial score (nSPS) is 22.4. The van der Waals surface area contributed by atoms with E-state index in [1.165, 1.54) is 12.0 Å². The van der Waals surface area contributed by atoms with Crippen molar-refractivity contribution in [2.24, 2.45) is 0 Å². The highest BCUT2D eigenvalue weighted by atomic mass is 16.3. The fourth-order valence-electron chi connectivity index (χ4n) is 2.92. The molecule has 2 aromatic rings. The Morgan fingerprint density at radius 2 is 1.80 bits per heavy atom. The second-order valence-electron chi connectivity index (χ2n) is 5.55. The van der Waals surface area contributed by atoms with Crippen LogP contribution in [0.2, 0.25) is 0 Å². The number of rotatable bonds is 5. The second kappa shape index (κ2) is 5.68. The second-order valence-corrected chi connectivity index (χ2v) is 5.55. The minimum Gasteiger partial charge on any atom is -0.508 e. The third-order valence-electron chi connectivity index (χ3n) is 4.15. The van der Waals surface area contributed by atoms with Crippen molar-refractivity contribution in [2.45, 2.75) is 37.8 Å². The Kier molecular flexibility index (Phi) is 3.75. The van der Waals surface area contributed by atoms with E-state index in [-0.39, 0.29) is 6.04 Å².